The predicted octanol–water partition coefficient (Wildman–Crippen LogP) is 6.22. The number of amides is 1. The summed E-state index contributed by atoms with van der Waals surface area (Å²) in [6.07, 6.45) is 1.46. The van der Waals surface area contributed by atoms with Crippen molar-refractivity contribution in [2.24, 2.45) is 0 Å². The first-order valence-electron chi connectivity index (χ1n) is 11.8. The molecule has 8 nitrogen and oxygen atoms in total. The Morgan fingerprint density at radius 3 is 2.71 bits per heavy atom. The third-order valence-corrected chi connectivity index (χ3v) is 6.09. The molecule has 0 bridgehead atoms. The van der Waals surface area contributed by atoms with Crippen LogP contribution in [-0.2, 0) is 6.42 Å². The van der Waals surface area contributed by atoms with Crippen LogP contribution < -0.4 is 4.74 Å². The molecule has 0 spiro atoms. The first kappa shape index (κ1) is 24.3. The van der Waals surface area contributed by atoms with Gasteiger partial charge in [-0.1, -0.05) is 23.4 Å². The fourth-order valence-corrected chi connectivity index (χ4v) is 4.75. The van der Waals surface area contributed by atoms with Crippen molar-refractivity contribution in [3.8, 4) is 34.7 Å². The van der Waals surface area contributed by atoms with Gasteiger partial charge < -0.3 is 14.4 Å². The van der Waals surface area contributed by atoms with Crippen molar-refractivity contribution in [1.29, 1.82) is 5.26 Å². The molecule has 1 N–H and O–H groups in total. The van der Waals surface area contributed by atoms with E-state index >= 15 is 0 Å². The maximum absolute atomic E-state index is 12.2. The van der Waals surface area contributed by atoms with Gasteiger partial charge >= 0.3 is 6.09 Å². The van der Waals surface area contributed by atoms with Gasteiger partial charge in [0.05, 0.1) is 17.7 Å². The average molecular weight is 475 g/mol. The second-order valence-electron chi connectivity index (χ2n) is 10.0. The van der Waals surface area contributed by atoms with Crippen molar-refractivity contribution in [2.75, 3.05) is 0 Å². The van der Waals surface area contributed by atoms with Crippen molar-refractivity contribution in [1.82, 2.24) is 15.0 Å². The minimum Gasteiger partial charge on any atom is -0.490 e. The molecule has 1 aromatic heterocycles. The summed E-state index contributed by atoms with van der Waals surface area (Å²) in [5.41, 5.74) is 3.35. The Hall–Kier alpha value is -3.86. The summed E-state index contributed by atoms with van der Waals surface area (Å²) in [5.74, 6) is 1.26. The maximum Gasteiger partial charge on any atom is 0.408 e. The standard InChI is InChI=1S/C27H30N4O4/c1-16(2)34-23-13-12-17(14-18(23)15-28)25-29-24(30-35-25)21-10-6-9-20-19(21)8-7-11-22(20)31(26(32)33)27(3,4)5/h6,9-10,12-14,16,22H,7-8,11H2,1-5H3,(H,32,33). The van der Waals surface area contributed by atoms with Crippen LogP contribution in [0.25, 0.3) is 22.8 Å². The molecule has 2 aromatic carbocycles. The Kier molecular flexibility index (Phi) is 6.53. The zero-order chi connectivity index (χ0) is 25.3. The molecular formula is C27H30N4O4. The second kappa shape index (κ2) is 9.41. The zero-order valence-corrected chi connectivity index (χ0v) is 20.7. The maximum atomic E-state index is 12.2. The molecular weight excluding hydrogens is 444 g/mol. The van der Waals surface area contributed by atoms with Crippen LogP contribution in [0.15, 0.2) is 40.9 Å². The smallest absolute Gasteiger partial charge is 0.408 e. The number of nitrogens with zero attached hydrogens (tertiary/aromatic N) is 4. The third-order valence-electron chi connectivity index (χ3n) is 6.09. The highest BCUT2D eigenvalue weighted by atomic mass is 16.5. The predicted molar refractivity (Wildman–Crippen MR) is 131 cm³/mol. The molecule has 35 heavy (non-hydrogen) atoms. The zero-order valence-electron chi connectivity index (χ0n) is 20.7. The van der Waals surface area contributed by atoms with Crippen molar-refractivity contribution in [3.63, 3.8) is 0 Å². The topological polar surface area (TPSA) is 112 Å². The number of hydrogen-bond donors (Lipinski definition) is 1. The molecule has 3 aromatic rings. The van der Waals surface area contributed by atoms with E-state index in [0.717, 1.165) is 36.0 Å². The Labute approximate surface area is 205 Å². The lowest BCUT2D eigenvalue weighted by atomic mass is 9.82. The Morgan fingerprint density at radius 2 is 2.06 bits per heavy atom. The van der Waals surface area contributed by atoms with E-state index in [-0.39, 0.29) is 12.1 Å². The number of carboxylic acid groups (broad SMARTS) is 1. The lowest BCUT2D eigenvalue weighted by Crippen LogP contribution is -2.48. The summed E-state index contributed by atoms with van der Waals surface area (Å²) in [7, 11) is 0. The van der Waals surface area contributed by atoms with E-state index < -0.39 is 11.6 Å². The average Bonchev–Trinajstić information content (AvgIpc) is 3.28. The second-order valence-corrected chi connectivity index (χ2v) is 10.0. The van der Waals surface area contributed by atoms with Crippen molar-refractivity contribution in [3.05, 3.63) is 53.1 Å². The fraction of sp³-hybridized carbons (Fsp3) is 0.407. The molecule has 0 aliphatic heterocycles. The number of hydrogen-bond acceptors (Lipinski definition) is 6. The molecule has 1 amide bonds. The monoisotopic (exact) mass is 474 g/mol. The van der Waals surface area contributed by atoms with Gasteiger partial charge in [0.2, 0.25) is 5.82 Å². The van der Waals surface area contributed by atoms with Crippen LogP contribution >= 0.6 is 0 Å². The molecule has 4 rings (SSSR count). The van der Waals surface area contributed by atoms with Crippen LogP contribution in [0.4, 0.5) is 4.79 Å². The fourth-order valence-electron chi connectivity index (χ4n) is 4.75. The quantitative estimate of drug-likeness (QED) is 0.467. The third kappa shape index (κ3) is 4.85. The number of carbonyl (C=O) groups is 1. The summed E-state index contributed by atoms with van der Waals surface area (Å²) >= 11 is 0. The molecule has 182 valence electrons. The normalized spacial score (nSPS) is 15.4. The number of rotatable bonds is 5. The van der Waals surface area contributed by atoms with Crippen LogP contribution in [0.2, 0.25) is 0 Å². The molecule has 1 aliphatic rings. The molecule has 1 aliphatic carbocycles. The van der Waals surface area contributed by atoms with E-state index in [4.69, 9.17) is 9.26 Å². The summed E-state index contributed by atoms with van der Waals surface area (Å²) in [5, 5.41) is 23.7. The number of ether oxygens (including phenoxy) is 1. The van der Waals surface area contributed by atoms with Crippen LogP contribution in [0.3, 0.4) is 0 Å². The molecule has 1 unspecified atom stereocenters. The largest absolute Gasteiger partial charge is 0.490 e. The van der Waals surface area contributed by atoms with Gasteiger partial charge in [-0.2, -0.15) is 10.2 Å². The number of nitriles is 1. The van der Waals surface area contributed by atoms with Crippen molar-refractivity contribution >= 4 is 6.09 Å². The van der Waals surface area contributed by atoms with Gasteiger partial charge in [0.15, 0.2) is 0 Å². The van der Waals surface area contributed by atoms with Gasteiger partial charge in [-0.25, -0.2) is 4.79 Å². The van der Waals surface area contributed by atoms with E-state index in [1.807, 2.05) is 52.8 Å². The van der Waals surface area contributed by atoms with Gasteiger partial charge in [-0.15, -0.1) is 0 Å². The molecule has 0 saturated carbocycles. The Bertz CT molecular complexity index is 1280. The van der Waals surface area contributed by atoms with Gasteiger partial charge in [-0.3, -0.25) is 4.90 Å². The SMILES string of the molecule is CC(C)Oc1ccc(-c2nc(-c3cccc4c3CCCC4N(C(=O)O)C(C)(C)C)no2)cc1C#N. The van der Waals surface area contributed by atoms with E-state index in [1.165, 1.54) is 0 Å². The summed E-state index contributed by atoms with van der Waals surface area (Å²) in [4.78, 5) is 18.3. The first-order chi connectivity index (χ1) is 16.6. The first-order valence-corrected chi connectivity index (χ1v) is 11.8. The molecule has 0 fully saturated rings. The lowest BCUT2D eigenvalue weighted by Gasteiger charge is -2.42. The van der Waals surface area contributed by atoms with Gasteiger partial charge in [0.1, 0.15) is 11.8 Å². The molecule has 1 atom stereocenters. The van der Waals surface area contributed by atoms with Gasteiger partial charge in [0, 0.05) is 16.7 Å². The van der Waals surface area contributed by atoms with Gasteiger partial charge in [-0.05, 0) is 83.2 Å². The number of aromatic nitrogens is 2. The van der Waals surface area contributed by atoms with E-state index in [9.17, 15) is 15.2 Å². The van der Waals surface area contributed by atoms with E-state index in [2.05, 4.69) is 16.2 Å². The molecule has 0 saturated heterocycles. The van der Waals surface area contributed by atoms with Crippen LogP contribution in [0, 0.1) is 11.3 Å². The number of fused-ring (bicyclic) bond motifs is 1. The molecule has 0 radical (unpaired) electrons. The molecule has 1 heterocycles. The van der Waals surface area contributed by atoms with Crippen LogP contribution in [0.5, 0.6) is 5.75 Å². The van der Waals surface area contributed by atoms with Crippen LogP contribution in [0.1, 0.15) is 70.2 Å². The Balaban J connectivity index is 1.71. The summed E-state index contributed by atoms with van der Waals surface area (Å²) < 4.78 is 11.3. The van der Waals surface area contributed by atoms with Crippen molar-refractivity contribution in [2.45, 2.75) is 71.6 Å². The number of benzene rings is 2. The molecule has 8 heteroatoms. The van der Waals surface area contributed by atoms with Gasteiger partial charge in [0.25, 0.3) is 5.89 Å². The van der Waals surface area contributed by atoms with Crippen LogP contribution in [-0.4, -0.2) is 37.9 Å². The van der Waals surface area contributed by atoms with E-state index in [0.29, 0.717) is 28.6 Å². The summed E-state index contributed by atoms with van der Waals surface area (Å²) in [6, 6.07) is 13.0. The minimum absolute atomic E-state index is 0.0497. The highest BCUT2D eigenvalue weighted by Gasteiger charge is 2.37. The summed E-state index contributed by atoms with van der Waals surface area (Å²) in [6.45, 7) is 9.55. The highest BCUT2D eigenvalue weighted by Crippen LogP contribution is 2.41. The minimum atomic E-state index is -0.930. The van der Waals surface area contributed by atoms with Crippen molar-refractivity contribution < 1.29 is 19.2 Å². The highest BCUT2D eigenvalue weighted by molar-refractivity contribution is 5.69. The Morgan fingerprint density at radius 1 is 1.29 bits per heavy atom. The van der Waals surface area contributed by atoms with E-state index in [1.54, 1.807) is 23.1 Å². The lowest BCUT2D eigenvalue weighted by molar-refractivity contribution is 0.0638.